The van der Waals surface area contributed by atoms with E-state index in [-0.39, 0.29) is 12.5 Å². The first-order valence-electron chi connectivity index (χ1n) is 6.37. The molecule has 0 saturated carbocycles. The number of benzene rings is 2. The molecular formula is C16H14ClN3O. The second-order valence-corrected chi connectivity index (χ2v) is 4.95. The Labute approximate surface area is 128 Å². The molecule has 5 heteroatoms. The van der Waals surface area contributed by atoms with Crippen molar-refractivity contribution >= 4 is 23.2 Å². The molecule has 0 unspecified atom stereocenters. The first-order chi connectivity index (χ1) is 10.1. The molecule has 0 radical (unpaired) electrons. The van der Waals surface area contributed by atoms with Crippen LogP contribution in [0.3, 0.4) is 0 Å². The number of carbonyl (C=O) groups excluding carboxylic acids is 1. The molecule has 1 amide bonds. The van der Waals surface area contributed by atoms with Crippen molar-refractivity contribution < 1.29 is 4.79 Å². The summed E-state index contributed by atoms with van der Waals surface area (Å²) in [6, 6.07) is 16.2. The van der Waals surface area contributed by atoms with Gasteiger partial charge in [0, 0.05) is 12.1 Å². The second-order valence-electron chi connectivity index (χ2n) is 4.54. The molecule has 106 valence electrons. The molecule has 0 aliphatic rings. The average molecular weight is 300 g/mol. The molecule has 0 aromatic heterocycles. The van der Waals surface area contributed by atoms with Crippen molar-refractivity contribution in [3.63, 3.8) is 0 Å². The van der Waals surface area contributed by atoms with Gasteiger partial charge in [-0.2, -0.15) is 5.26 Å². The Kier molecular flexibility index (Phi) is 4.81. The Morgan fingerprint density at radius 2 is 1.95 bits per heavy atom. The van der Waals surface area contributed by atoms with Gasteiger partial charge in [0.1, 0.15) is 6.54 Å². The van der Waals surface area contributed by atoms with Crippen molar-refractivity contribution in [2.24, 2.45) is 0 Å². The average Bonchev–Trinajstić information content (AvgIpc) is 2.50. The highest BCUT2D eigenvalue weighted by atomic mass is 35.5. The number of halogens is 1. The minimum Gasteiger partial charge on any atom is -0.398 e. The van der Waals surface area contributed by atoms with E-state index in [0.717, 1.165) is 5.56 Å². The van der Waals surface area contributed by atoms with E-state index < -0.39 is 0 Å². The summed E-state index contributed by atoms with van der Waals surface area (Å²) in [4.78, 5) is 13.9. The van der Waals surface area contributed by atoms with Crippen molar-refractivity contribution in [1.29, 1.82) is 5.26 Å². The van der Waals surface area contributed by atoms with E-state index in [1.807, 2.05) is 36.4 Å². The standard InChI is InChI=1S/C16H14ClN3O/c17-14-7-6-13(10-15(14)19)16(21)20(9-8-18)11-12-4-2-1-3-5-12/h1-7,10H,9,11,19H2. The Hall–Kier alpha value is -2.51. The summed E-state index contributed by atoms with van der Waals surface area (Å²) in [6.07, 6.45) is 0. The fraction of sp³-hybridized carbons (Fsp3) is 0.125. The van der Waals surface area contributed by atoms with Gasteiger partial charge in [-0.05, 0) is 23.8 Å². The van der Waals surface area contributed by atoms with Gasteiger partial charge in [0.2, 0.25) is 0 Å². The molecule has 0 atom stereocenters. The van der Waals surface area contributed by atoms with Crippen LogP contribution in [0.25, 0.3) is 0 Å². The van der Waals surface area contributed by atoms with Gasteiger partial charge in [-0.25, -0.2) is 0 Å². The lowest BCUT2D eigenvalue weighted by Gasteiger charge is -2.20. The minimum atomic E-state index is -0.247. The monoisotopic (exact) mass is 299 g/mol. The summed E-state index contributed by atoms with van der Waals surface area (Å²) in [7, 11) is 0. The van der Waals surface area contributed by atoms with E-state index in [9.17, 15) is 4.79 Å². The molecular weight excluding hydrogens is 286 g/mol. The molecule has 2 aromatic carbocycles. The number of anilines is 1. The van der Waals surface area contributed by atoms with Gasteiger partial charge in [-0.1, -0.05) is 41.9 Å². The number of rotatable bonds is 4. The SMILES string of the molecule is N#CCN(Cc1ccccc1)C(=O)c1ccc(Cl)c(N)c1. The largest absolute Gasteiger partial charge is 0.398 e. The molecule has 0 aliphatic carbocycles. The maximum absolute atomic E-state index is 12.5. The summed E-state index contributed by atoms with van der Waals surface area (Å²) in [5.74, 6) is -0.247. The van der Waals surface area contributed by atoms with E-state index in [0.29, 0.717) is 22.8 Å². The Bertz CT molecular complexity index is 680. The highest BCUT2D eigenvalue weighted by Crippen LogP contribution is 2.21. The van der Waals surface area contributed by atoms with Crippen LogP contribution in [-0.4, -0.2) is 17.4 Å². The van der Waals surface area contributed by atoms with Crippen LogP contribution < -0.4 is 5.73 Å². The van der Waals surface area contributed by atoms with Crippen LogP contribution in [0.15, 0.2) is 48.5 Å². The van der Waals surface area contributed by atoms with Gasteiger partial charge in [0.05, 0.1) is 16.8 Å². The highest BCUT2D eigenvalue weighted by Gasteiger charge is 2.16. The molecule has 0 aliphatic heterocycles. The van der Waals surface area contributed by atoms with Crippen LogP contribution in [0.1, 0.15) is 15.9 Å². The number of nitrogen functional groups attached to an aromatic ring is 1. The Morgan fingerprint density at radius 3 is 2.57 bits per heavy atom. The normalized spacial score (nSPS) is 9.90. The van der Waals surface area contributed by atoms with Gasteiger partial charge in [0.15, 0.2) is 0 Å². The van der Waals surface area contributed by atoms with E-state index >= 15 is 0 Å². The summed E-state index contributed by atoms with van der Waals surface area (Å²) < 4.78 is 0. The molecule has 4 nitrogen and oxygen atoms in total. The van der Waals surface area contributed by atoms with Gasteiger partial charge < -0.3 is 10.6 Å². The molecule has 0 heterocycles. The summed E-state index contributed by atoms with van der Waals surface area (Å²) in [6.45, 7) is 0.381. The fourth-order valence-corrected chi connectivity index (χ4v) is 2.07. The Balaban J connectivity index is 2.23. The number of nitrogens with two attached hydrogens (primary N) is 1. The predicted octanol–water partition coefficient (Wildman–Crippen LogP) is 3.09. The third kappa shape index (κ3) is 3.74. The maximum Gasteiger partial charge on any atom is 0.255 e. The second kappa shape index (κ2) is 6.78. The lowest BCUT2D eigenvalue weighted by atomic mass is 10.1. The Morgan fingerprint density at radius 1 is 1.24 bits per heavy atom. The molecule has 2 rings (SSSR count). The predicted molar refractivity (Wildman–Crippen MR) is 82.7 cm³/mol. The van der Waals surface area contributed by atoms with E-state index in [1.54, 1.807) is 12.1 Å². The van der Waals surface area contributed by atoms with Crippen LogP contribution in [0.2, 0.25) is 5.02 Å². The third-order valence-electron chi connectivity index (χ3n) is 3.01. The topological polar surface area (TPSA) is 70.1 Å². The molecule has 21 heavy (non-hydrogen) atoms. The van der Waals surface area contributed by atoms with Crippen molar-refractivity contribution in [3.8, 4) is 6.07 Å². The zero-order valence-corrected chi connectivity index (χ0v) is 12.0. The molecule has 2 N–H and O–H groups in total. The fourth-order valence-electron chi connectivity index (χ4n) is 1.95. The number of carbonyl (C=O) groups is 1. The summed E-state index contributed by atoms with van der Waals surface area (Å²) in [5.41, 5.74) is 7.44. The van der Waals surface area contributed by atoms with Gasteiger partial charge in [-0.3, -0.25) is 4.79 Å². The molecule has 2 aromatic rings. The van der Waals surface area contributed by atoms with Crippen molar-refractivity contribution in [2.75, 3.05) is 12.3 Å². The number of hydrogen-bond acceptors (Lipinski definition) is 3. The maximum atomic E-state index is 12.5. The zero-order chi connectivity index (χ0) is 15.2. The van der Waals surface area contributed by atoms with E-state index in [2.05, 4.69) is 0 Å². The quantitative estimate of drug-likeness (QED) is 0.696. The molecule has 0 fully saturated rings. The molecule has 0 saturated heterocycles. The third-order valence-corrected chi connectivity index (χ3v) is 3.35. The van der Waals surface area contributed by atoms with Gasteiger partial charge in [0.25, 0.3) is 5.91 Å². The lowest BCUT2D eigenvalue weighted by molar-refractivity contribution is 0.0765. The summed E-state index contributed by atoms with van der Waals surface area (Å²) >= 11 is 5.85. The first kappa shape index (κ1) is 14.9. The molecule has 0 spiro atoms. The van der Waals surface area contributed by atoms with Crippen molar-refractivity contribution in [2.45, 2.75) is 6.54 Å². The summed E-state index contributed by atoms with van der Waals surface area (Å²) in [5, 5.41) is 9.32. The van der Waals surface area contributed by atoms with Gasteiger partial charge in [-0.15, -0.1) is 0 Å². The van der Waals surface area contributed by atoms with E-state index in [4.69, 9.17) is 22.6 Å². The number of nitriles is 1. The van der Waals surface area contributed by atoms with Crippen LogP contribution in [0, 0.1) is 11.3 Å². The van der Waals surface area contributed by atoms with E-state index in [1.165, 1.54) is 11.0 Å². The molecule has 0 bridgehead atoms. The first-order valence-corrected chi connectivity index (χ1v) is 6.75. The van der Waals surface area contributed by atoms with Crippen LogP contribution in [0.5, 0.6) is 0 Å². The lowest BCUT2D eigenvalue weighted by Crippen LogP contribution is -2.31. The minimum absolute atomic E-state index is 0.0102. The van der Waals surface area contributed by atoms with Gasteiger partial charge >= 0.3 is 0 Å². The zero-order valence-electron chi connectivity index (χ0n) is 11.3. The number of nitrogens with zero attached hydrogens (tertiary/aromatic N) is 2. The van der Waals surface area contributed by atoms with Crippen LogP contribution >= 0.6 is 11.6 Å². The van der Waals surface area contributed by atoms with Crippen molar-refractivity contribution in [3.05, 3.63) is 64.7 Å². The van der Waals surface area contributed by atoms with Crippen LogP contribution in [-0.2, 0) is 6.54 Å². The number of hydrogen-bond donors (Lipinski definition) is 1. The highest BCUT2D eigenvalue weighted by molar-refractivity contribution is 6.33. The smallest absolute Gasteiger partial charge is 0.255 e. The van der Waals surface area contributed by atoms with Crippen molar-refractivity contribution in [1.82, 2.24) is 4.90 Å². The number of amides is 1. The van der Waals surface area contributed by atoms with Crippen LogP contribution in [0.4, 0.5) is 5.69 Å².